The van der Waals surface area contributed by atoms with Crippen LogP contribution >= 0.6 is 11.6 Å². The van der Waals surface area contributed by atoms with Gasteiger partial charge in [0.15, 0.2) is 0 Å². The number of nitrogens with zero attached hydrogens (tertiary/aromatic N) is 3. The zero-order chi connectivity index (χ0) is 17.8. The van der Waals surface area contributed by atoms with Crippen molar-refractivity contribution in [1.29, 1.82) is 0 Å². The number of piperidine rings is 1. The Morgan fingerprint density at radius 2 is 1.88 bits per heavy atom. The number of carbonyl (C=O) groups excluding carboxylic acids is 2. The SMILES string of the molecule is Cn1cc(C(=O)NC2CCN(C(=O)Nc3ccc(Cl)cc3)CC2)cn1. The summed E-state index contributed by atoms with van der Waals surface area (Å²) in [7, 11) is 1.77. The third kappa shape index (κ3) is 4.51. The summed E-state index contributed by atoms with van der Waals surface area (Å²) in [6, 6.07) is 6.92. The second-order valence-corrected chi connectivity index (χ2v) is 6.51. The minimum Gasteiger partial charge on any atom is -0.349 e. The number of hydrogen-bond acceptors (Lipinski definition) is 3. The second-order valence-electron chi connectivity index (χ2n) is 6.07. The van der Waals surface area contributed by atoms with E-state index in [0.29, 0.717) is 29.4 Å². The molecule has 0 radical (unpaired) electrons. The number of likely N-dealkylation sites (tertiary alicyclic amines) is 1. The number of anilines is 1. The Morgan fingerprint density at radius 1 is 1.20 bits per heavy atom. The topological polar surface area (TPSA) is 79.3 Å². The van der Waals surface area contributed by atoms with E-state index in [2.05, 4.69) is 15.7 Å². The normalized spacial score (nSPS) is 15.0. The number of rotatable bonds is 3. The molecule has 1 saturated heterocycles. The summed E-state index contributed by atoms with van der Waals surface area (Å²) in [5.74, 6) is -0.128. The van der Waals surface area contributed by atoms with Crippen LogP contribution in [-0.4, -0.2) is 45.8 Å². The van der Waals surface area contributed by atoms with E-state index in [0.717, 1.165) is 12.8 Å². The minimum absolute atomic E-state index is 0.0623. The van der Waals surface area contributed by atoms with Crippen LogP contribution in [0.2, 0.25) is 5.02 Å². The smallest absolute Gasteiger partial charge is 0.321 e. The van der Waals surface area contributed by atoms with Crippen LogP contribution in [0.15, 0.2) is 36.7 Å². The Hall–Kier alpha value is -2.54. The largest absolute Gasteiger partial charge is 0.349 e. The quantitative estimate of drug-likeness (QED) is 0.881. The van der Waals surface area contributed by atoms with Crippen LogP contribution in [0.5, 0.6) is 0 Å². The highest BCUT2D eigenvalue weighted by atomic mass is 35.5. The van der Waals surface area contributed by atoms with Crippen LogP contribution in [0.1, 0.15) is 23.2 Å². The summed E-state index contributed by atoms with van der Waals surface area (Å²) in [6.45, 7) is 1.19. The highest BCUT2D eigenvalue weighted by Gasteiger charge is 2.24. The van der Waals surface area contributed by atoms with Crippen molar-refractivity contribution in [2.75, 3.05) is 18.4 Å². The number of nitrogens with one attached hydrogen (secondary N) is 2. The lowest BCUT2D eigenvalue weighted by molar-refractivity contribution is 0.0919. The lowest BCUT2D eigenvalue weighted by Gasteiger charge is -2.32. The van der Waals surface area contributed by atoms with Gasteiger partial charge in [0.2, 0.25) is 0 Å². The van der Waals surface area contributed by atoms with Crippen LogP contribution in [-0.2, 0) is 7.05 Å². The van der Waals surface area contributed by atoms with Gasteiger partial charge in [-0.15, -0.1) is 0 Å². The first kappa shape index (κ1) is 17.3. The maximum absolute atomic E-state index is 12.3. The summed E-state index contributed by atoms with van der Waals surface area (Å²) in [5, 5.41) is 10.5. The van der Waals surface area contributed by atoms with Crippen molar-refractivity contribution in [2.45, 2.75) is 18.9 Å². The molecule has 3 amide bonds. The fraction of sp³-hybridized carbons (Fsp3) is 0.353. The molecule has 8 heteroatoms. The summed E-state index contributed by atoms with van der Waals surface area (Å²) < 4.78 is 1.60. The Labute approximate surface area is 150 Å². The van der Waals surface area contributed by atoms with Crippen LogP contribution in [0.3, 0.4) is 0 Å². The lowest BCUT2D eigenvalue weighted by atomic mass is 10.0. The van der Waals surface area contributed by atoms with E-state index < -0.39 is 0 Å². The van der Waals surface area contributed by atoms with Crippen LogP contribution < -0.4 is 10.6 Å². The average molecular weight is 362 g/mol. The third-order valence-corrected chi connectivity index (χ3v) is 4.43. The number of aryl methyl sites for hydroxylation is 1. The maximum Gasteiger partial charge on any atom is 0.321 e. The molecule has 132 valence electrons. The standard InChI is InChI=1S/C17H20ClN5O2/c1-22-11-12(10-19-22)16(24)20-15-6-8-23(9-7-15)17(25)21-14-4-2-13(18)3-5-14/h2-5,10-11,15H,6-9H2,1H3,(H,20,24)(H,21,25). The van der Waals surface area contributed by atoms with Gasteiger partial charge in [-0.1, -0.05) is 11.6 Å². The highest BCUT2D eigenvalue weighted by molar-refractivity contribution is 6.30. The van der Waals surface area contributed by atoms with Gasteiger partial charge in [0.25, 0.3) is 5.91 Å². The molecule has 2 heterocycles. The maximum atomic E-state index is 12.3. The first-order chi connectivity index (χ1) is 12.0. The summed E-state index contributed by atoms with van der Waals surface area (Å²) in [6.07, 6.45) is 4.67. The van der Waals surface area contributed by atoms with Gasteiger partial charge in [-0.2, -0.15) is 5.10 Å². The average Bonchev–Trinajstić information content (AvgIpc) is 3.04. The molecule has 0 saturated carbocycles. The van der Waals surface area contributed by atoms with Crippen molar-refractivity contribution in [1.82, 2.24) is 20.0 Å². The van der Waals surface area contributed by atoms with E-state index in [4.69, 9.17) is 11.6 Å². The predicted molar refractivity (Wildman–Crippen MR) is 95.7 cm³/mol. The molecule has 1 aromatic heterocycles. The molecule has 1 aliphatic heterocycles. The van der Waals surface area contributed by atoms with Crippen LogP contribution in [0.25, 0.3) is 0 Å². The van der Waals surface area contributed by atoms with Crippen molar-refractivity contribution in [3.63, 3.8) is 0 Å². The van der Waals surface area contributed by atoms with Crippen molar-refractivity contribution in [3.05, 3.63) is 47.2 Å². The molecule has 0 atom stereocenters. The van der Waals surface area contributed by atoms with Gasteiger partial charge < -0.3 is 15.5 Å². The van der Waals surface area contributed by atoms with Gasteiger partial charge in [0, 0.05) is 43.1 Å². The van der Waals surface area contributed by atoms with Crippen molar-refractivity contribution < 1.29 is 9.59 Å². The monoisotopic (exact) mass is 361 g/mol. The molecule has 3 rings (SSSR count). The molecule has 1 fully saturated rings. The van der Waals surface area contributed by atoms with Crippen molar-refractivity contribution in [3.8, 4) is 0 Å². The molecule has 0 spiro atoms. The Kier molecular flexibility index (Phi) is 5.23. The molecule has 1 aliphatic rings. The molecule has 0 unspecified atom stereocenters. The first-order valence-corrected chi connectivity index (χ1v) is 8.50. The molecule has 0 aliphatic carbocycles. The van der Waals surface area contributed by atoms with E-state index in [1.807, 2.05) is 0 Å². The second kappa shape index (κ2) is 7.57. The molecule has 7 nitrogen and oxygen atoms in total. The first-order valence-electron chi connectivity index (χ1n) is 8.12. The molecule has 2 aromatic rings. The van der Waals surface area contributed by atoms with Crippen molar-refractivity contribution >= 4 is 29.2 Å². The predicted octanol–water partition coefficient (Wildman–Crippen LogP) is 2.50. The van der Waals surface area contributed by atoms with E-state index in [9.17, 15) is 9.59 Å². The molecule has 25 heavy (non-hydrogen) atoms. The fourth-order valence-corrected chi connectivity index (χ4v) is 2.90. The van der Waals surface area contributed by atoms with Gasteiger partial charge >= 0.3 is 6.03 Å². The van der Waals surface area contributed by atoms with Crippen molar-refractivity contribution in [2.24, 2.45) is 7.05 Å². The van der Waals surface area contributed by atoms with E-state index in [-0.39, 0.29) is 18.0 Å². The number of carbonyl (C=O) groups is 2. The van der Waals surface area contributed by atoms with Gasteiger partial charge in [-0.3, -0.25) is 9.48 Å². The van der Waals surface area contributed by atoms with Gasteiger partial charge in [-0.25, -0.2) is 4.79 Å². The number of hydrogen-bond donors (Lipinski definition) is 2. The van der Waals surface area contributed by atoms with Gasteiger partial charge in [0.05, 0.1) is 11.8 Å². The number of aromatic nitrogens is 2. The zero-order valence-electron chi connectivity index (χ0n) is 13.9. The van der Waals surface area contributed by atoms with E-state index >= 15 is 0 Å². The molecule has 2 N–H and O–H groups in total. The summed E-state index contributed by atoms with van der Waals surface area (Å²) in [5.41, 5.74) is 1.26. The molecular weight excluding hydrogens is 342 g/mol. The molecule has 1 aromatic carbocycles. The Morgan fingerprint density at radius 3 is 2.48 bits per heavy atom. The third-order valence-electron chi connectivity index (χ3n) is 4.18. The van der Waals surface area contributed by atoms with Crippen LogP contribution in [0.4, 0.5) is 10.5 Å². The number of urea groups is 1. The molecular formula is C17H20ClN5O2. The lowest BCUT2D eigenvalue weighted by Crippen LogP contribution is -2.47. The highest BCUT2D eigenvalue weighted by Crippen LogP contribution is 2.16. The summed E-state index contributed by atoms with van der Waals surface area (Å²) >= 11 is 5.84. The zero-order valence-corrected chi connectivity index (χ0v) is 14.7. The van der Waals surface area contributed by atoms with E-state index in [1.54, 1.807) is 53.3 Å². The number of amides is 3. The van der Waals surface area contributed by atoms with Crippen LogP contribution in [0, 0.1) is 0 Å². The Balaban J connectivity index is 1.47. The molecule has 0 bridgehead atoms. The fourth-order valence-electron chi connectivity index (χ4n) is 2.77. The number of benzene rings is 1. The number of halogens is 1. The van der Waals surface area contributed by atoms with Gasteiger partial charge in [-0.05, 0) is 37.1 Å². The van der Waals surface area contributed by atoms with E-state index in [1.165, 1.54) is 0 Å². The summed E-state index contributed by atoms with van der Waals surface area (Å²) in [4.78, 5) is 26.2. The minimum atomic E-state index is -0.139. The van der Waals surface area contributed by atoms with Gasteiger partial charge in [0.1, 0.15) is 0 Å². The Bertz CT molecular complexity index is 751.